The van der Waals surface area contributed by atoms with E-state index in [9.17, 15) is 0 Å². The van der Waals surface area contributed by atoms with Gasteiger partial charge in [-0.15, -0.1) is 0 Å². The Morgan fingerprint density at radius 3 is 1.66 bits per heavy atom. The lowest BCUT2D eigenvalue weighted by Crippen LogP contribution is -2.25. The van der Waals surface area contributed by atoms with E-state index in [0.717, 1.165) is 13.0 Å². The fraction of sp³-hybridized carbons (Fsp3) is 0.333. The Morgan fingerprint density at radius 1 is 0.690 bits per heavy atom. The van der Waals surface area contributed by atoms with Gasteiger partial charge in [0.1, 0.15) is 0 Å². The first-order valence-electron chi connectivity index (χ1n) is 10.5. The van der Waals surface area contributed by atoms with E-state index in [-0.39, 0.29) is 0 Å². The van der Waals surface area contributed by atoms with E-state index >= 15 is 0 Å². The van der Waals surface area contributed by atoms with Crippen LogP contribution in [0, 0.1) is 27.7 Å². The first-order valence-corrected chi connectivity index (χ1v) is 11.9. The van der Waals surface area contributed by atoms with Crippen LogP contribution in [0.15, 0.2) is 60.7 Å². The summed E-state index contributed by atoms with van der Waals surface area (Å²) in [7, 11) is 3.74. The predicted molar refractivity (Wildman–Crippen MR) is 131 cm³/mol. The zero-order chi connectivity index (χ0) is 21.0. The molecule has 0 bridgehead atoms. The van der Waals surface area contributed by atoms with Crippen LogP contribution < -0.4 is 15.9 Å². The Kier molecular flexibility index (Phi) is 7.28. The maximum atomic E-state index is 2.40. The monoisotopic (exact) mass is 403 g/mol. The molecule has 0 fully saturated rings. The Labute approximate surface area is 178 Å². The van der Waals surface area contributed by atoms with Crippen LogP contribution >= 0.6 is 7.92 Å². The molecule has 0 aliphatic carbocycles. The molecule has 2 heteroatoms. The summed E-state index contributed by atoms with van der Waals surface area (Å²) in [6.45, 7) is 9.99. The van der Waals surface area contributed by atoms with Gasteiger partial charge in [-0.3, -0.25) is 0 Å². The summed E-state index contributed by atoms with van der Waals surface area (Å²) >= 11 is 0. The van der Waals surface area contributed by atoms with E-state index in [4.69, 9.17) is 0 Å². The second-order valence-corrected chi connectivity index (χ2v) is 10.7. The van der Waals surface area contributed by atoms with Crippen LogP contribution in [0.25, 0.3) is 0 Å². The minimum absolute atomic E-state index is 0.577. The summed E-state index contributed by atoms with van der Waals surface area (Å²) < 4.78 is 0. The number of rotatable bonds is 7. The summed E-state index contributed by atoms with van der Waals surface area (Å²) in [6.07, 6.45) is 2.32. The lowest BCUT2D eigenvalue weighted by atomic mass is 10.1. The topological polar surface area (TPSA) is 3.24 Å². The van der Waals surface area contributed by atoms with E-state index in [1.54, 1.807) is 0 Å². The highest BCUT2D eigenvalue weighted by molar-refractivity contribution is 7.79. The minimum Gasteiger partial charge on any atom is -0.309 e. The van der Waals surface area contributed by atoms with Gasteiger partial charge in [0, 0.05) is 0 Å². The first kappa shape index (κ1) is 21.8. The zero-order valence-electron chi connectivity index (χ0n) is 18.8. The maximum absolute atomic E-state index is 2.40. The van der Waals surface area contributed by atoms with Gasteiger partial charge < -0.3 is 4.90 Å². The Balaban J connectivity index is 2.13. The molecule has 0 N–H and O–H groups in total. The summed E-state index contributed by atoms with van der Waals surface area (Å²) in [6, 6.07) is 23.3. The van der Waals surface area contributed by atoms with E-state index in [2.05, 4.69) is 107 Å². The van der Waals surface area contributed by atoms with Crippen molar-refractivity contribution in [2.24, 2.45) is 0 Å². The highest BCUT2D eigenvalue weighted by Gasteiger charge is 2.20. The summed E-state index contributed by atoms with van der Waals surface area (Å²) in [4.78, 5) is 2.28. The predicted octanol–water partition coefficient (Wildman–Crippen LogP) is 5.17. The van der Waals surface area contributed by atoms with Crippen LogP contribution in [0.2, 0.25) is 0 Å². The van der Waals surface area contributed by atoms with Gasteiger partial charge >= 0.3 is 0 Å². The third-order valence-corrected chi connectivity index (χ3v) is 7.68. The number of nitrogens with zero attached hydrogens (tertiary/aromatic N) is 1. The molecule has 0 amide bonds. The molecular weight excluding hydrogens is 369 g/mol. The molecule has 0 unspecified atom stereocenters. The normalized spacial score (nSPS) is 11.4. The lowest BCUT2D eigenvalue weighted by Gasteiger charge is -2.24. The molecule has 0 saturated carbocycles. The fourth-order valence-corrected chi connectivity index (χ4v) is 7.01. The van der Waals surface area contributed by atoms with Gasteiger partial charge in [-0.25, -0.2) is 0 Å². The lowest BCUT2D eigenvalue weighted by molar-refractivity contribution is 0.400. The van der Waals surface area contributed by atoms with Crippen molar-refractivity contribution in [3.63, 3.8) is 0 Å². The molecule has 0 aliphatic heterocycles. The first-order chi connectivity index (χ1) is 13.8. The number of aryl methyl sites for hydroxylation is 5. The van der Waals surface area contributed by atoms with E-state index < -0.39 is 7.92 Å². The SMILES string of the molecule is Cc1cc(C)cc(P(c2cc(C)cc(C)c2)c2ccccc2CCCN(C)C)c1. The van der Waals surface area contributed by atoms with Gasteiger partial charge in [0.2, 0.25) is 0 Å². The Morgan fingerprint density at radius 2 is 1.17 bits per heavy atom. The average molecular weight is 404 g/mol. The Bertz CT molecular complexity index is 882. The van der Waals surface area contributed by atoms with Crippen LogP contribution in [-0.4, -0.2) is 25.5 Å². The van der Waals surface area contributed by atoms with Crippen molar-refractivity contribution in [3.8, 4) is 0 Å². The van der Waals surface area contributed by atoms with Gasteiger partial charge in [0.05, 0.1) is 0 Å². The van der Waals surface area contributed by atoms with Crippen molar-refractivity contribution < 1.29 is 0 Å². The van der Waals surface area contributed by atoms with Crippen LogP contribution in [-0.2, 0) is 6.42 Å². The molecular formula is C27H34NP. The van der Waals surface area contributed by atoms with Crippen molar-refractivity contribution in [1.82, 2.24) is 4.90 Å². The van der Waals surface area contributed by atoms with Gasteiger partial charge in [-0.05, 0) is 90.6 Å². The second kappa shape index (κ2) is 9.70. The van der Waals surface area contributed by atoms with Crippen molar-refractivity contribution in [2.45, 2.75) is 40.5 Å². The molecule has 0 saturated heterocycles. The number of hydrogen-bond donors (Lipinski definition) is 0. The molecule has 0 aliphatic rings. The molecule has 3 aromatic rings. The maximum Gasteiger partial charge on any atom is -0.00217 e. The van der Waals surface area contributed by atoms with Crippen LogP contribution in [0.1, 0.15) is 34.2 Å². The summed E-state index contributed by atoms with van der Waals surface area (Å²) in [5.41, 5.74) is 6.90. The van der Waals surface area contributed by atoms with Crippen LogP contribution in [0.3, 0.4) is 0 Å². The summed E-state index contributed by atoms with van der Waals surface area (Å²) in [5.74, 6) is 0. The molecule has 0 heterocycles. The zero-order valence-corrected chi connectivity index (χ0v) is 19.7. The van der Waals surface area contributed by atoms with Crippen molar-refractivity contribution in [3.05, 3.63) is 88.5 Å². The summed E-state index contributed by atoms with van der Waals surface area (Å²) in [5, 5.41) is 4.43. The van der Waals surface area contributed by atoms with Gasteiger partial charge in [-0.2, -0.15) is 0 Å². The van der Waals surface area contributed by atoms with Crippen LogP contribution in [0.5, 0.6) is 0 Å². The smallest absolute Gasteiger partial charge is 0.00217 e. The highest BCUT2D eigenvalue weighted by atomic mass is 31.1. The number of benzene rings is 3. The van der Waals surface area contributed by atoms with Crippen LogP contribution in [0.4, 0.5) is 0 Å². The fourth-order valence-electron chi connectivity index (χ4n) is 4.11. The molecule has 3 rings (SSSR count). The van der Waals surface area contributed by atoms with E-state index in [1.807, 2.05) is 0 Å². The second-order valence-electron chi connectivity index (χ2n) is 8.56. The highest BCUT2D eigenvalue weighted by Crippen LogP contribution is 2.35. The van der Waals surface area contributed by atoms with Crippen molar-refractivity contribution in [1.29, 1.82) is 0 Å². The van der Waals surface area contributed by atoms with E-state index in [1.165, 1.54) is 50.2 Å². The van der Waals surface area contributed by atoms with Gasteiger partial charge in [0.25, 0.3) is 0 Å². The standard InChI is InChI=1S/C27H34NP/c1-20-14-21(2)17-25(16-20)29(26-18-22(3)15-23(4)19-26)27-12-8-7-10-24(27)11-9-13-28(5)6/h7-8,10,12,14-19H,9,11,13H2,1-6H3. The Hall–Kier alpha value is -1.95. The molecule has 3 aromatic carbocycles. The van der Waals surface area contributed by atoms with E-state index in [0.29, 0.717) is 0 Å². The third-order valence-electron chi connectivity index (χ3n) is 5.21. The average Bonchev–Trinajstić information content (AvgIpc) is 2.61. The minimum atomic E-state index is -0.577. The molecule has 0 aromatic heterocycles. The van der Waals surface area contributed by atoms with Crippen molar-refractivity contribution >= 4 is 23.8 Å². The van der Waals surface area contributed by atoms with Gasteiger partial charge in [0.15, 0.2) is 0 Å². The molecule has 29 heavy (non-hydrogen) atoms. The number of hydrogen-bond acceptors (Lipinski definition) is 1. The molecule has 0 spiro atoms. The largest absolute Gasteiger partial charge is 0.309 e. The molecule has 0 atom stereocenters. The van der Waals surface area contributed by atoms with Crippen molar-refractivity contribution in [2.75, 3.05) is 20.6 Å². The quantitative estimate of drug-likeness (QED) is 0.492. The van der Waals surface area contributed by atoms with Gasteiger partial charge in [-0.1, -0.05) is 82.9 Å². The molecule has 0 radical (unpaired) electrons. The molecule has 152 valence electrons. The molecule has 1 nitrogen and oxygen atoms in total. The third kappa shape index (κ3) is 5.78.